The third kappa shape index (κ3) is 2.90. The molecule has 0 fully saturated rings. The van der Waals surface area contributed by atoms with E-state index >= 15 is 0 Å². The molecule has 0 aliphatic heterocycles. The van der Waals surface area contributed by atoms with Crippen molar-refractivity contribution in [3.8, 4) is 0 Å². The zero-order chi connectivity index (χ0) is 9.68. The normalized spacial score (nSPS) is 10.9. The molecule has 70 valence electrons. The summed E-state index contributed by atoms with van der Waals surface area (Å²) in [6.07, 6.45) is 9.01. The second kappa shape index (κ2) is 4.65. The van der Waals surface area contributed by atoms with Crippen molar-refractivity contribution in [1.82, 2.24) is 9.78 Å². The third-order valence-electron chi connectivity index (χ3n) is 1.86. The summed E-state index contributed by atoms with van der Waals surface area (Å²) in [6, 6.07) is 0. The second-order valence-corrected chi connectivity index (χ2v) is 3.06. The number of rotatable bonds is 4. The van der Waals surface area contributed by atoms with Gasteiger partial charge in [-0.05, 0) is 24.5 Å². The molecular weight excluding hydrogens is 160 g/mol. The molecule has 0 unspecified atom stereocenters. The van der Waals surface area contributed by atoms with Crippen LogP contribution < -0.4 is 0 Å². The highest BCUT2D eigenvalue weighted by molar-refractivity contribution is 5.14. The Morgan fingerprint density at radius 3 is 3.00 bits per heavy atom. The number of aromatic nitrogens is 2. The fourth-order valence-corrected chi connectivity index (χ4v) is 1.17. The minimum atomic E-state index is 0.782. The van der Waals surface area contributed by atoms with Gasteiger partial charge in [0.05, 0.1) is 12.7 Å². The second-order valence-electron chi connectivity index (χ2n) is 3.06. The summed E-state index contributed by atoms with van der Waals surface area (Å²) >= 11 is 0. The van der Waals surface area contributed by atoms with E-state index in [1.165, 1.54) is 5.56 Å². The first-order chi connectivity index (χ1) is 6.26. The Bertz CT molecular complexity index is 308. The number of hydrogen-bond acceptors (Lipinski definition) is 1. The summed E-state index contributed by atoms with van der Waals surface area (Å²) in [5.74, 6) is 0. The van der Waals surface area contributed by atoms with E-state index in [-0.39, 0.29) is 0 Å². The Balaban J connectivity index is 2.58. The number of nitrogens with zero attached hydrogens (tertiary/aromatic N) is 2. The summed E-state index contributed by atoms with van der Waals surface area (Å²) in [5.41, 5.74) is 2.35. The van der Waals surface area contributed by atoms with Crippen molar-refractivity contribution in [3.63, 3.8) is 0 Å². The average Bonchev–Trinajstić information content (AvgIpc) is 2.52. The minimum absolute atomic E-state index is 0.782. The van der Waals surface area contributed by atoms with E-state index in [4.69, 9.17) is 0 Å². The van der Waals surface area contributed by atoms with E-state index in [1.807, 2.05) is 30.0 Å². The SMILES string of the molecule is C=C(/C=C\C)Cn1cc(CC)cn1. The van der Waals surface area contributed by atoms with Gasteiger partial charge in [-0.15, -0.1) is 0 Å². The largest absolute Gasteiger partial charge is 0.268 e. The van der Waals surface area contributed by atoms with Crippen LogP contribution in [0.5, 0.6) is 0 Å². The van der Waals surface area contributed by atoms with Gasteiger partial charge < -0.3 is 0 Å². The zero-order valence-electron chi connectivity index (χ0n) is 8.33. The van der Waals surface area contributed by atoms with Crippen LogP contribution in [0.15, 0.2) is 36.7 Å². The highest BCUT2D eigenvalue weighted by Gasteiger charge is 1.96. The van der Waals surface area contributed by atoms with E-state index < -0.39 is 0 Å². The molecule has 0 aliphatic carbocycles. The predicted octanol–water partition coefficient (Wildman–Crippen LogP) is 2.58. The maximum atomic E-state index is 4.23. The predicted molar refractivity (Wildman–Crippen MR) is 55.6 cm³/mol. The topological polar surface area (TPSA) is 17.8 Å². The molecule has 1 aromatic rings. The summed E-state index contributed by atoms with van der Waals surface area (Å²) in [6.45, 7) is 8.83. The lowest BCUT2D eigenvalue weighted by atomic mass is 10.3. The molecule has 0 radical (unpaired) electrons. The van der Waals surface area contributed by atoms with Gasteiger partial charge in [0.1, 0.15) is 0 Å². The first-order valence-corrected chi connectivity index (χ1v) is 4.58. The molecule has 0 spiro atoms. The van der Waals surface area contributed by atoms with Crippen LogP contribution in [0, 0.1) is 0 Å². The molecule has 2 nitrogen and oxygen atoms in total. The quantitative estimate of drug-likeness (QED) is 0.645. The van der Waals surface area contributed by atoms with Crippen LogP contribution >= 0.6 is 0 Å². The average molecular weight is 176 g/mol. The Hall–Kier alpha value is -1.31. The van der Waals surface area contributed by atoms with E-state index in [2.05, 4.69) is 24.8 Å². The number of aryl methyl sites for hydroxylation is 1. The molecule has 13 heavy (non-hydrogen) atoms. The van der Waals surface area contributed by atoms with Crippen molar-refractivity contribution < 1.29 is 0 Å². The van der Waals surface area contributed by atoms with Crippen molar-refractivity contribution in [2.75, 3.05) is 0 Å². The van der Waals surface area contributed by atoms with Gasteiger partial charge in [0, 0.05) is 6.20 Å². The molecule has 2 heteroatoms. The molecule has 0 aliphatic rings. The fraction of sp³-hybridized carbons (Fsp3) is 0.364. The Morgan fingerprint density at radius 1 is 1.69 bits per heavy atom. The summed E-state index contributed by atoms with van der Waals surface area (Å²) in [5, 5.41) is 4.23. The molecule has 0 N–H and O–H groups in total. The van der Waals surface area contributed by atoms with Crippen molar-refractivity contribution >= 4 is 0 Å². The maximum absolute atomic E-state index is 4.23. The number of allylic oxidation sites excluding steroid dienone is 3. The van der Waals surface area contributed by atoms with Gasteiger partial charge in [0.2, 0.25) is 0 Å². The van der Waals surface area contributed by atoms with Gasteiger partial charge >= 0.3 is 0 Å². The fourth-order valence-electron chi connectivity index (χ4n) is 1.17. The lowest BCUT2D eigenvalue weighted by Gasteiger charge is -1.99. The van der Waals surface area contributed by atoms with Crippen molar-refractivity contribution in [2.45, 2.75) is 26.8 Å². The monoisotopic (exact) mass is 176 g/mol. The van der Waals surface area contributed by atoms with Crippen molar-refractivity contribution in [3.05, 3.63) is 42.3 Å². The zero-order valence-corrected chi connectivity index (χ0v) is 8.33. The van der Waals surface area contributed by atoms with Gasteiger partial charge in [-0.3, -0.25) is 4.68 Å². The Morgan fingerprint density at radius 2 is 2.46 bits per heavy atom. The first kappa shape index (κ1) is 9.78. The van der Waals surface area contributed by atoms with Gasteiger partial charge in [-0.1, -0.05) is 25.7 Å². The Labute approximate surface area is 79.6 Å². The lowest BCUT2D eigenvalue weighted by Crippen LogP contribution is -1.98. The van der Waals surface area contributed by atoms with Crippen LogP contribution in [0.1, 0.15) is 19.4 Å². The van der Waals surface area contributed by atoms with Crippen LogP contribution in [-0.2, 0) is 13.0 Å². The Kier molecular flexibility index (Phi) is 3.50. The van der Waals surface area contributed by atoms with Crippen LogP contribution in [0.25, 0.3) is 0 Å². The standard InChI is InChI=1S/C11H16N2/c1-4-6-10(3)8-13-9-11(5-2)7-12-13/h4,6-7,9H,3,5,8H2,1-2H3/b6-4-. The van der Waals surface area contributed by atoms with E-state index in [0.717, 1.165) is 18.5 Å². The van der Waals surface area contributed by atoms with Crippen molar-refractivity contribution in [1.29, 1.82) is 0 Å². The highest BCUT2D eigenvalue weighted by atomic mass is 15.3. The smallest absolute Gasteiger partial charge is 0.0653 e. The first-order valence-electron chi connectivity index (χ1n) is 4.58. The lowest BCUT2D eigenvalue weighted by molar-refractivity contribution is 0.686. The molecule has 0 saturated carbocycles. The molecule has 0 amide bonds. The molecule has 0 aromatic carbocycles. The van der Waals surface area contributed by atoms with Crippen LogP contribution in [0.4, 0.5) is 0 Å². The van der Waals surface area contributed by atoms with E-state index in [9.17, 15) is 0 Å². The molecule has 1 rings (SSSR count). The van der Waals surface area contributed by atoms with E-state index in [0.29, 0.717) is 0 Å². The molecule has 1 heterocycles. The van der Waals surface area contributed by atoms with Crippen LogP contribution in [0.2, 0.25) is 0 Å². The van der Waals surface area contributed by atoms with Crippen molar-refractivity contribution in [2.24, 2.45) is 0 Å². The maximum Gasteiger partial charge on any atom is 0.0653 e. The van der Waals surface area contributed by atoms with Gasteiger partial charge in [0.25, 0.3) is 0 Å². The van der Waals surface area contributed by atoms with Crippen LogP contribution in [-0.4, -0.2) is 9.78 Å². The van der Waals surface area contributed by atoms with Crippen LogP contribution in [0.3, 0.4) is 0 Å². The third-order valence-corrected chi connectivity index (χ3v) is 1.86. The molecule has 0 bridgehead atoms. The van der Waals surface area contributed by atoms with Gasteiger partial charge in [-0.25, -0.2) is 0 Å². The summed E-state index contributed by atoms with van der Waals surface area (Å²) in [7, 11) is 0. The molecule has 0 atom stereocenters. The molecule has 1 aromatic heterocycles. The summed E-state index contributed by atoms with van der Waals surface area (Å²) in [4.78, 5) is 0. The molecular formula is C11H16N2. The minimum Gasteiger partial charge on any atom is -0.268 e. The van der Waals surface area contributed by atoms with Gasteiger partial charge in [-0.2, -0.15) is 5.10 Å². The van der Waals surface area contributed by atoms with E-state index in [1.54, 1.807) is 0 Å². The highest BCUT2D eigenvalue weighted by Crippen LogP contribution is 2.02. The molecule has 0 saturated heterocycles. The summed E-state index contributed by atoms with van der Waals surface area (Å²) < 4.78 is 1.92. The van der Waals surface area contributed by atoms with Gasteiger partial charge in [0.15, 0.2) is 0 Å². The number of hydrogen-bond donors (Lipinski definition) is 0.